The van der Waals surface area contributed by atoms with Crippen molar-refractivity contribution in [3.63, 3.8) is 0 Å². The summed E-state index contributed by atoms with van der Waals surface area (Å²) in [4.78, 5) is 45.1. The van der Waals surface area contributed by atoms with Crippen LogP contribution in [0.1, 0.15) is 126 Å². The van der Waals surface area contributed by atoms with Crippen molar-refractivity contribution in [2.75, 3.05) is 0 Å². The van der Waals surface area contributed by atoms with E-state index in [4.69, 9.17) is 0 Å². The minimum Gasteiger partial charge on any atom is -0.506 e. The maximum Gasteiger partial charge on any atom is 0.184 e. The summed E-state index contributed by atoms with van der Waals surface area (Å²) in [6.07, 6.45) is 13.8. The normalized spacial score (nSPS) is 24.8. The predicted octanol–water partition coefficient (Wildman–Crippen LogP) is 10.6. The molecule has 2 bridgehead atoms. The molecule has 2 aliphatic rings. The molecule has 266 valence electrons. The van der Waals surface area contributed by atoms with Crippen LogP contribution in [0.3, 0.4) is 0 Å². The fourth-order valence-corrected chi connectivity index (χ4v) is 7.60. The summed E-state index contributed by atoms with van der Waals surface area (Å²) >= 11 is 0. The van der Waals surface area contributed by atoms with Gasteiger partial charge < -0.3 is 15.3 Å². The summed E-state index contributed by atoms with van der Waals surface area (Å²) in [6.45, 7) is 22.1. The number of Topliss-reactive ketones (excluding diaryl/α,β-unsaturated/α-hetero) is 3. The number of aliphatic hydroxyl groups excluding tert-OH is 1. The van der Waals surface area contributed by atoms with Crippen LogP contribution in [0.4, 0.5) is 0 Å². The van der Waals surface area contributed by atoms with Gasteiger partial charge in [-0.3, -0.25) is 14.4 Å². The van der Waals surface area contributed by atoms with Gasteiger partial charge in [-0.05, 0) is 136 Å². The highest BCUT2D eigenvalue weighted by molar-refractivity contribution is 6.41. The van der Waals surface area contributed by atoms with Crippen molar-refractivity contribution in [1.82, 2.24) is 0 Å². The summed E-state index contributed by atoms with van der Waals surface area (Å²) in [5, 5.41) is 31.9. The Balaban J connectivity index is 2.31. The third kappa shape index (κ3) is 8.11. The monoisotopic (exact) mass is 670 g/mol. The minimum atomic E-state index is -1.62. The zero-order valence-electron chi connectivity index (χ0n) is 31.3. The number of carbonyl (C=O) groups is 3. The van der Waals surface area contributed by atoms with Crippen molar-refractivity contribution in [2.24, 2.45) is 22.2 Å². The Bertz CT molecular complexity index is 1640. The van der Waals surface area contributed by atoms with Crippen LogP contribution in [0.15, 0.2) is 82.5 Å². The molecule has 49 heavy (non-hydrogen) atoms. The molecule has 0 aromatic heterocycles. The van der Waals surface area contributed by atoms with Gasteiger partial charge in [0.15, 0.2) is 28.8 Å². The standard InChI is InChI=1S/C43H58O6/c1-27(2)13-11-15-30(7)17-19-33-26-42(23-21-29(5)6)38(47)36(37(46)32-18-20-34(44)35(45)25-32)39(48)43(40(42)49,41(33,9)10)24-22-31(8)16-12-14-28(3)4/h13,17-18,20-22,25,33,44-46H,3,11-12,14-16,19,23-24,26H2,1-2,4-10H3/b30-17+,31-22?,37-36?/t33-,42-,43+/m0/s1. The number of hydrogen-bond acceptors (Lipinski definition) is 6. The van der Waals surface area contributed by atoms with Crippen molar-refractivity contribution in [2.45, 2.75) is 120 Å². The van der Waals surface area contributed by atoms with Crippen molar-refractivity contribution in [3.8, 4) is 11.5 Å². The second-order valence-electron chi connectivity index (χ2n) is 15.7. The van der Waals surface area contributed by atoms with Crippen molar-refractivity contribution < 1.29 is 29.7 Å². The van der Waals surface area contributed by atoms with Gasteiger partial charge in [-0.2, -0.15) is 0 Å². The van der Waals surface area contributed by atoms with Crippen molar-refractivity contribution in [1.29, 1.82) is 0 Å². The molecule has 2 fully saturated rings. The highest BCUT2D eigenvalue weighted by Crippen LogP contribution is 2.65. The molecule has 0 amide bonds. The van der Waals surface area contributed by atoms with Gasteiger partial charge in [-0.1, -0.05) is 66.0 Å². The first-order chi connectivity index (χ1) is 22.8. The average Bonchev–Trinajstić information content (AvgIpc) is 3.00. The minimum absolute atomic E-state index is 0.0164. The number of allylic oxidation sites excluding steroid dienone is 10. The molecule has 0 heterocycles. The highest BCUT2D eigenvalue weighted by Gasteiger charge is 2.73. The van der Waals surface area contributed by atoms with E-state index in [0.717, 1.165) is 54.9 Å². The number of benzene rings is 1. The van der Waals surface area contributed by atoms with E-state index < -0.39 is 50.6 Å². The van der Waals surface area contributed by atoms with Crippen molar-refractivity contribution >= 4 is 23.1 Å². The van der Waals surface area contributed by atoms with Crippen molar-refractivity contribution in [3.05, 3.63) is 88.1 Å². The zero-order valence-corrected chi connectivity index (χ0v) is 31.3. The third-order valence-corrected chi connectivity index (χ3v) is 10.9. The Morgan fingerprint density at radius 2 is 1.45 bits per heavy atom. The van der Waals surface area contributed by atoms with Gasteiger partial charge in [0, 0.05) is 5.56 Å². The van der Waals surface area contributed by atoms with Crippen LogP contribution in [0, 0.1) is 22.2 Å². The molecule has 3 atom stereocenters. The van der Waals surface area contributed by atoms with Gasteiger partial charge in [0.1, 0.15) is 16.7 Å². The summed E-state index contributed by atoms with van der Waals surface area (Å²) in [5.74, 6) is -3.37. The number of phenols is 2. The van der Waals surface area contributed by atoms with Crippen LogP contribution >= 0.6 is 0 Å². The van der Waals surface area contributed by atoms with E-state index in [1.54, 1.807) is 0 Å². The van der Waals surface area contributed by atoms with Gasteiger partial charge in [0.2, 0.25) is 0 Å². The molecular weight excluding hydrogens is 612 g/mol. The number of fused-ring (bicyclic) bond motifs is 2. The lowest BCUT2D eigenvalue weighted by Gasteiger charge is -2.60. The molecule has 1 aromatic carbocycles. The average molecular weight is 671 g/mol. The Morgan fingerprint density at radius 1 is 0.816 bits per heavy atom. The smallest absolute Gasteiger partial charge is 0.184 e. The first-order valence-corrected chi connectivity index (χ1v) is 17.6. The number of phenolic OH excluding ortho intramolecular Hbond substituents is 2. The molecule has 0 spiro atoms. The molecular formula is C43H58O6. The van der Waals surface area contributed by atoms with E-state index >= 15 is 9.59 Å². The quantitative estimate of drug-likeness (QED) is 0.0453. The van der Waals surface area contributed by atoms with Gasteiger partial charge >= 0.3 is 0 Å². The molecule has 0 saturated heterocycles. The second-order valence-corrected chi connectivity index (χ2v) is 15.7. The number of hydrogen-bond donors (Lipinski definition) is 3. The van der Waals surface area contributed by atoms with E-state index in [0.29, 0.717) is 6.42 Å². The highest BCUT2D eigenvalue weighted by atomic mass is 16.3. The topological polar surface area (TPSA) is 112 Å². The van der Waals surface area contributed by atoms with Crippen LogP contribution in [0.25, 0.3) is 5.76 Å². The lowest BCUT2D eigenvalue weighted by atomic mass is 9.38. The molecule has 3 N–H and O–H groups in total. The SMILES string of the molecule is C=C(C)CCCC(C)=CC[C@]12C(=O)C(=C(O)c3ccc(O)c(O)c3)C(=O)[C@](CC=C(C)C)(C[C@H](C/C=C(\C)CCC=C(C)C)C1(C)C)C2=O. The summed E-state index contributed by atoms with van der Waals surface area (Å²) < 4.78 is 0. The lowest BCUT2D eigenvalue weighted by Crippen LogP contribution is -2.69. The van der Waals surface area contributed by atoms with E-state index in [-0.39, 0.29) is 36.5 Å². The molecule has 0 radical (unpaired) electrons. The third-order valence-electron chi connectivity index (χ3n) is 10.9. The van der Waals surface area contributed by atoms with E-state index in [9.17, 15) is 20.1 Å². The number of ketones is 3. The van der Waals surface area contributed by atoms with Gasteiger partial charge in [0.25, 0.3) is 0 Å². The molecule has 0 aliphatic heterocycles. The van der Waals surface area contributed by atoms with Crippen LogP contribution < -0.4 is 0 Å². The molecule has 6 heteroatoms. The molecule has 2 aliphatic carbocycles. The molecule has 3 rings (SSSR count). The van der Waals surface area contributed by atoms with Crippen LogP contribution in [0.5, 0.6) is 11.5 Å². The summed E-state index contributed by atoms with van der Waals surface area (Å²) in [5.41, 5.74) is 1.13. The Labute approximate surface area is 294 Å². The van der Waals surface area contributed by atoms with Gasteiger partial charge in [0.05, 0.1) is 5.41 Å². The fraction of sp³-hybridized carbons (Fsp3) is 0.512. The molecule has 2 saturated carbocycles. The van der Waals surface area contributed by atoms with Crippen LogP contribution in [0.2, 0.25) is 0 Å². The maximum absolute atomic E-state index is 15.2. The summed E-state index contributed by atoms with van der Waals surface area (Å²) in [7, 11) is 0. The van der Waals surface area contributed by atoms with Crippen LogP contribution in [-0.2, 0) is 14.4 Å². The van der Waals surface area contributed by atoms with E-state index in [1.165, 1.54) is 23.3 Å². The molecule has 1 aromatic rings. The number of aliphatic hydroxyl groups is 1. The zero-order chi connectivity index (χ0) is 36.9. The lowest BCUT2D eigenvalue weighted by molar-refractivity contribution is -0.176. The van der Waals surface area contributed by atoms with Gasteiger partial charge in [-0.25, -0.2) is 0 Å². The number of rotatable bonds is 14. The Morgan fingerprint density at radius 3 is 2.04 bits per heavy atom. The fourth-order valence-electron chi connectivity index (χ4n) is 7.60. The Kier molecular flexibility index (Phi) is 12.7. The molecule has 6 nitrogen and oxygen atoms in total. The van der Waals surface area contributed by atoms with E-state index in [2.05, 4.69) is 39.5 Å². The number of carbonyl (C=O) groups excluding carboxylic acids is 3. The van der Waals surface area contributed by atoms with E-state index in [1.807, 2.05) is 53.7 Å². The van der Waals surface area contributed by atoms with Gasteiger partial charge in [-0.15, -0.1) is 6.58 Å². The number of aromatic hydroxyl groups is 2. The largest absolute Gasteiger partial charge is 0.506 e. The predicted molar refractivity (Wildman–Crippen MR) is 199 cm³/mol. The first kappa shape index (κ1) is 39.5. The first-order valence-electron chi connectivity index (χ1n) is 17.6. The second kappa shape index (κ2) is 15.7. The Hall–Kier alpha value is -3.93. The maximum atomic E-state index is 15.2. The summed E-state index contributed by atoms with van der Waals surface area (Å²) in [6, 6.07) is 3.67. The van der Waals surface area contributed by atoms with Crippen LogP contribution in [-0.4, -0.2) is 32.7 Å². The molecule has 0 unspecified atom stereocenters.